The normalized spacial score (nSPS) is 14.0. The molecule has 0 saturated heterocycles. The van der Waals surface area contributed by atoms with Crippen molar-refractivity contribution < 1.29 is 23.8 Å². The molecular formula is C24H28N2O5. The van der Waals surface area contributed by atoms with Crippen LogP contribution in [0.4, 0.5) is 5.69 Å². The van der Waals surface area contributed by atoms with Crippen LogP contribution in [0.5, 0.6) is 17.2 Å². The van der Waals surface area contributed by atoms with Crippen LogP contribution < -0.4 is 19.5 Å². The Balaban J connectivity index is 2.06. The van der Waals surface area contributed by atoms with Gasteiger partial charge in [-0.1, -0.05) is 12.1 Å². The molecule has 0 saturated carbocycles. The Bertz CT molecular complexity index is 987. The van der Waals surface area contributed by atoms with Crippen molar-refractivity contribution >= 4 is 23.1 Å². The lowest BCUT2D eigenvalue weighted by Crippen LogP contribution is -2.38. The fraction of sp³-hybridized carbons (Fsp3) is 0.333. The number of hydrogen-bond donors (Lipinski definition) is 1. The number of imide groups is 1. The van der Waals surface area contributed by atoms with E-state index in [1.165, 1.54) is 4.90 Å². The Hall–Kier alpha value is -3.48. The monoisotopic (exact) mass is 424 g/mol. The van der Waals surface area contributed by atoms with Crippen molar-refractivity contribution in [3.63, 3.8) is 0 Å². The zero-order chi connectivity index (χ0) is 22.7. The van der Waals surface area contributed by atoms with Crippen molar-refractivity contribution in [2.45, 2.75) is 39.8 Å². The van der Waals surface area contributed by atoms with Crippen molar-refractivity contribution in [1.82, 2.24) is 4.90 Å². The predicted octanol–water partition coefficient (Wildman–Crippen LogP) is 4.09. The fourth-order valence-corrected chi connectivity index (χ4v) is 3.40. The molecule has 2 amide bonds. The number of methoxy groups -OCH3 is 2. The van der Waals surface area contributed by atoms with Gasteiger partial charge in [-0.05, 0) is 45.4 Å². The van der Waals surface area contributed by atoms with E-state index in [1.807, 2.05) is 27.7 Å². The van der Waals surface area contributed by atoms with E-state index in [0.717, 1.165) is 0 Å². The number of carbonyl (C=O) groups excluding carboxylic acids is 2. The molecule has 1 aliphatic rings. The molecule has 0 bridgehead atoms. The zero-order valence-electron chi connectivity index (χ0n) is 18.7. The predicted molar refractivity (Wildman–Crippen MR) is 119 cm³/mol. The molecule has 2 aromatic rings. The van der Waals surface area contributed by atoms with Gasteiger partial charge < -0.3 is 19.5 Å². The first kappa shape index (κ1) is 22.2. The van der Waals surface area contributed by atoms with Crippen LogP contribution in [0.1, 0.15) is 33.3 Å². The summed E-state index contributed by atoms with van der Waals surface area (Å²) >= 11 is 0. The standard InChI is InChI=1S/C24H28N2O5/c1-14(2)26-23(27)21(16-7-9-18(10-8-16)31-15(3)4)22(24(26)28)25-17-11-19(29-5)13-20(12-17)30-6/h7-15,25H,1-6H3. The van der Waals surface area contributed by atoms with E-state index in [-0.39, 0.29) is 29.7 Å². The quantitative estimate of drug-likeness (QED) is 0.643. The minimum Gasteiger partial charge on any atom is -0.497 e. The van der Waals surface area contributed by atoms with Gasteiger partial charge in [0.1, 0.15) is 22.9 Å². The molecule has 0 aliphatic carbocycles. The third-order valence-corrected chi connectivity index (χ3v) is 4.77. The summed E-state index contributed by atoms with van der Waals surface area (Å²) < 4.78 is 16.3. The lowest BCUT2D eigenvalue weighted by molar-refractivity contribution is -0.138. The van der Waals surface area contributed by atoms with Gasteiger partial charge in [-0.2, -0.15) is 0 Å². The maximum absolute atomic E-state index is 13.2. The van der Waals surface area contributed by atoms with Gasteiger partial charge >= 0.3 is 0 Å². The van der Waals surface area contributed by atoms with Crippen LogP contribution in [0.2, 0.25) is 0 Å². The molecule has 1 N–H and O–H groups in total. The molecule has 2 aromatic carbocycles. The smallest absolute Gasteiger partial charge is 0.278 e. The minimum absolute atomic E-state index is 0.0384. The van der Waals surface area contributed by atoms with Crippen molar-refractivity contribution in [1.29, 1.82) is 0 Å². The highest BCUT2D eigenvalue weighted by Crippen LogP contribution is 2.34. The highest BCUT2D eigenvalue weighted by molar-refractivity contribution is 6.36. The van der Waals surface area contributed by atoms with Gasteiger partial charge in [0, 0.05) is 29.9 Å². The van der Waals surface area contributed by atoms with Crippen LogP contribution in [0.15, 0.2) is 48.2 Å². The number of carbonyl (C=O) groups is 2. The molecule has 0 aromatic heterocycles. The largest absolute Gasteiger partial charge is 0.497 e. The maximum Gasteiger partial charge on any atom is 0.278 e. The summed E-state index contributed by atoms with van der Waals surface area (Å²) in [5.74, 6) is 1.12. The molecule has 7 nitrogen and oxygen atoms in total. The molecule has 1 heterocycles. The van der Waals surface area contributed by atoms with Crippen LogP contribution >= 0.6 is 0 Å². The lowest BCUT2D eigenvalue weighted by Gasteiger charge is -2.19. The summed E-state index contributed by atoms with van der Waals surface area (Å²) in [6, 6.07) is 12.1. The molecule has 31 heavy (non-hydrogen) atoms. The molecule has 1 aliphatic heterocycles. The van der Waals surface area contributed by atoms with Gasteiger partial charge in [0.05, 0.1) is 25.9 Å². The average Bonchev–Trinajstić information content (AvgIpc) is 2.97. The molecule has 3 rings (SSSR count). The van der Waals surface area contributed by atoms with E-state index >= 15 is 0 Å². The zero-order valence-corrected chi connectivity index (χ0v) is 18.7. The molecule has 7 heteroatoms. The SMILES string of the molecule is COc1cc(NC2=C(c3ccc(OC(C)C)cc3)C(=O)N(C(C)C)C2=O)cc(OC)c1. The van der Waals surface area contributed by atoms with Crippen molar-refractivity contribution in [3.05, 3.63) is 53.7 Å². The van der Waals surface area contributed by atoms with Gasteiger partial charge in [-0.25, -0.2) is 0 Å². The van der Waals surface area contributed by atoms with Crippen LogP contribution in [0.3, 0.4) is 0 Å². The number of benzene rings is 2. The molecule has 0 fully saturated rings. The molecular weight excluding hydrogens is 396 g/mol. The second-order valence-electron chi connectivity index (χ2n) is 7.74. The second kappa shape index (κ2) is 9.12. The van der Waals surface area contributed by atoms with E-state index in [4.69, 9.17) is 14.2 Å². The number of nitrogens with one attached hydrogen (secondary N) is 1. The van der Waals surface area contributed by atoms with E-state index < -0.39 is 0 Å². The van der Waals surface area contributed by atoms with Gasteiger partial charge in [-0.3, -0.25) is 14.5 Å². The lowest BCUT2D eigenvalue weighted by atomic mass is 10.0. The van der Waals surface area contributed by atoms with Gasteiger partial charge in [0.2, 0.25) is 0 Å². The Kier molecular flexibility index (Phi) is 6.53. The van der Waals surface area contributed by atoms with Crippen LogP contribution in [-0.2, 0) is 9.59 Å². The first-order valence-electron chi connectivity index (χ1n) is 10.1. The van der Waals surface area contributed by atoms with Crippen molar-refractivity contribution in [2.24, 2.45) is 0 Å². The third-order valence-electron chi connectivity index (χ3n) is 4.77. The summed E-state index contributed by atoms with van der Waals surface area (Å²) in [4.78, 5) is 27.6. The highest BCUT2D eigenvalue weighted by Gasteiger charge is 2.40. The van der Waals surface area contributed by atoms with E-state index in [2.05, 4.69) is 5.32 Å². The Morgan fingerprint density at radius 2 is 1.39 bits per heavy atom. The Morgan fingerprint density at radius 3 is 1.87 bits per heavy atom. The summed E-state index contributed by atoms with van der Waals surface area (Å²) in [6.07, 6.45) is 0.0384. The van der Waals surface area contributed by atoms with Crippen LogP contribution in [0.25, 0.3) is 5.57 Å². The summed E-state index contributed by atoms with van der Waals surface area (Å²) in [5.41, 5.74) is 1.74. The molecule has 0 radical (unpaired) electrons. The molecule has 0 spiro atoms. The van der Waals surface area contributed by atoms with Crippen LogP contribution in [0, 0.1) is 0 Å². The van der Waals surface area contributed by atoms with Gasteiger partial charge in [0.25, 0.3) is 11.8 Å². The number of rotatable bonds is 8. The Morgan fingerprint density at radius 1 is 0.806 bits per heavy atom. The first-order chi connectivity index (χ1) is 14.7. The number of nitrogens with zero attached hydrogens (tertiary/aromatic N) is 1. The van der Waals surface area contributed by atoms with E-state index in [1.54, 1.807) is 56.7 Å². The van der Waals surface area contributed by atoms with Gasteiger partial charge in [-0.15, -0.1) is 0 Å². The minimum atomic E-state index is -0.376. The summed E-state index contributed by atoms with van der Waals surface area (Å²) in [6.45, 7) is 7.51. The fourth-order valence-electron chi connectivity index (χ4n) is 3.40. The number of hydrogen-bond acceptors (Lipinski definition) is 6. The van der Waals surface area contributed by atoms with Crippen molar-refractivity contribution in [2.75, 3.05) is 19.5 Å². The topological polar surface area (TPSA) is 77.1 Å². The molecule has 164 valence electrons. The number of anilines is 1. The van der Waals surface area contributed by atoms with Crippen molar-refractivity contribution in [3.8, 4) is 17.2 Å². The molecule has 0 unspecified atom stereocenters. The number of amides is 2. The third kappa shape index (κ3) is 4.66. The maximum atomic E-state index is 13.2. The van der Waals surface area contributed by atoms with Crippen LogP contribution in [-0.4, -0.2) is 43.1 Å². The average molecular weight is 424 g/mol. The van der Waals surface area contributed by atoms with Gasteiger partial charge in [0.15, 0.2) is 0 Å². The summed E-state index contributed by atoms with van der Waals surface area (Å²) in [5, 5.41) is 3.13. The van der Waals surface area contributed by atoms with E-state index in [0.29, 0.717) is 34.1 Å². The Labute approximate surface area is 182 Å². The molecule has 0 atom stereocenters. The number of ether oxygens (including phenoxy) is 3. The second-order valence-corrected chi connectivity index (χ2v) is 7.74. The highest BCUT2D eigenvalue weighted by atomic mass is 16.5. The first-order valence-corrected chi connectivity index (χ1v) is 10.1. The summed E-state index contributed by atoms with van der Waals surface area (Å²) in [7, 11) is 3.10. The van der Waals surface area contributed by atoms with E-state index in [9.17, 15) is 9.59 Å².